The quantitative estimate of drug-likeness (QED) is 0.605. The van der Waals surface area contributed by atoms with Gasteiger partial charge in [-0.25, -0.2) is 4.98 Å². The number of rotatable bonds is 5. The predicted molar refractivity (Wildman–Crippen MR) is 95.1 cm³/mol. The van der Waals surface area contributed by atoms with Crippen molar-refractivity contribution in [3.63, 3.8) is 0 Å². The van der Waals surface area contributed by atoms with Crippen LogP contribution >= 0.6 is 0 Å². The molecule has 0 unspecified atom stereocenters. The van der Waals surface area contributed by atoms with E-state index in [1.54, 1.807) is 6.20 Å². The lowest BCUT2D eigenvalue weighted by molar-refractivity contribution is -0.142. The maximum Gasteiger partial charge on any atom is 0.416 e. The number of pyridine rings is 1. The third-order valence-electron chi connectivity index (χ3n) is 4.42. The van der Waals surface area contributed by atoms with Crippen LogP contribution in [0.5, 0.6) is 0 Å². The van der Waals surface area contributed by atoms with Crippen LogP contribution in [0.2, 0.25) is 0 Å². The molecule has 0 saturated carbocycles. The maximum atomic E-state index is 12.8. The molecule has 0 atom stereocenters. The molecule has 0 bridgehead atoms. The minimum absolute atomic E-state index is 0.140. The molecule has 4 nitrogen and oxygen atoms in total. The molecule has 0 spiro atoms. The van der Waals surface area contributed by atoms with E-state index in [0.29, 0.717) is 13.0 Å². The summed E-state index contributed by atoms with van der Waals surface area (Å²) < 4.78 is 45.5. The fourth-order valence-corrected chi connectivity index (χ4v) is 3.18. The number of ether oxygens (including phenoxy) is 1. The van der Waals surface area contributed by atoms with Gasteiger partial charge in [0, 0.05) is 36.3 Å². The molecule has 0 fully saturated rings. The monoisotopic (exact) mass is 376 g/mol. The van der Waals surface area contributed by atoms with Crippen molar-refractivity contribution in [1.82, 2.24) is 9.55 Å². The first-order valence-corrected chi connectivity index (χ1v) is 8.55. The molecule has 0 aliphatic heterocycles. The standard InChI is InChI=1S/C20H19F3N2O2/c1-3-18-17(12-27-13(2)26)16-5-4-10-24-19(16)25(18)11-14-6-8-15(9-7-14)20(21,22)23/h4-10H,3,11-12H2,1-2H3. The number of carbonyl (C=O) groups excluding carboxylic acids is 1. The van der Waals surface area contributed by atoms with E-state index in [0.717, 1.165) is 40.0 Å². The van der Waals surface area contributed by atoms with Crippen molar-refractivity contribution in [1.29, 1.82) is 0 Å². The van der Waals surface area contributed by atoms with E-state index < -0.39 is 11.7 Å². The van der Waals surface area contributed by atoms with E-state index in [9.17, 15) is 18.0 Å². The van der Waals surface area contributed by atoms with Crippen molar-refractivity contribution in [2.24, 2.45) is 0 Å². The van der Waals surface area contributed by atoms with E-state index in [4.69, 9.17) is 4.74 Å². The Labute approximate surface area is 154 Å². The summed E-state index contributed by atoms with van der Waals surface area (Å²) in [6.45, 7) is 3.86. The summed E-state index contributed by atoms with van der Waals surface area (Å²) in [4.78, 5) is 15.7. The highest BCUT2D eigenvalue weighted by Crippen LogP contribution is 2.30. The Morgan fingerprint density at radius 3 is 2.48 bits per heavy atom. The van der Waals surface area contributed by atoms with Gasteiger partial charge in [0.1, 0.15) is 12.3 Å². The maximum absolute atomic E-state index is 12.8. The molecule has 0 radical (unpaired) electrons. The fraction of sp³-hybridized carbons (Fsp3) is 0.300. The van der Waals surface area contributed by atoms with Crippen LogP contribution in [0.25, 0.3) is 11.0 Å². The van der Waals surface area contributed by atoms with Crippen molar-refractivity contribution in [2.45, 2.75) is 39.6 Å². The third kappa shape index (κ3) is 3.97. The number of halogens is 3. The van der Waals surface area contributed by atoms with Crippen LogP contribution in [0.15, 0.2) is 42.6 Å². The molecule has 0 aliphatic rings. The van der Waals surface area contributed by atoms with Gasteiger partial charge in [0.05, 0.1) is 5.56 Å². The van der Waals surface area contributed by atoms with Crippen molar-refractivity contribution in [3.05, 3.63) is 65.0 Å². The molecule has 3 rings (SSSR count). The number of aromatic nitrogens is 2. The summed E-state index contributed by atoms with van der Waals surface area (Å²) in [6, 6.07) is 8.83. The molecular formula is C20H19F3N2O2. The molecule has 142 valence electrons. The van der Waals surface area contributed by atoms with E-state index in [1.807, 2.05) is 23.6 Å². The van der Waals surface area contributed by atoms with Gasteiger partial charge >= 0.3 is 12.1 Å². The molecule has 3 aromatic rings. The zero-order chi connectivity index (χ0) is 19.6. The summed E-state index contributed by atoms with van der Waals surface area (Å²) >= 11 is 0. The van der Waals surface area contributed by atoms with Crippen molar-refractivity contribution in [2.75, 3.05) is 0 Å². The summed E-state index contributed by atoms with van der Waals surface area (Å²) in [5.41, 5.74) is 2.61. The number of carbonyl (C=O) groups is 1. The lowest BCUT2D eigenvalue weighted by Crippen LogP contribution is -2.08. The molecule has 0 aliphatic carbocycles. The fourth-order valence-electron chi connectivity index (χ4n) is 3.18. The first-order chi connectivity index (χ1) is 12.8. The molecule has 0 saturated heterocycles. The highest BCUT2D eigenvalue weighted by Gasteiger charge is 2.30. The average molecular weight is 376 g/mol. The van der Waals surface area contributed by atoms with Gasteiger partial charge in [0.15, 0.2) is 0 Å². The van der Waals surface area contributed by atoms with Crippen LogP contribution in [0.3, 0.4) is 0 Å². The van der Waals surface area contributed by atoms with Gasteiger partial charge in [-0.05, 0) is 36.2 Å². The molecule has 2 aromatic heterocycles. The zero-order valence-electron chi connectivity index (χ0n) is 15.0. The highest BCUT2D eigenvalue weighted by molar-refractivity contribution is 5.82. The number of alkyl halides is 3. The Bertz CT molecular complexity index is 960. The van der Waals surface area contributed by atoms with Crippen LogP contribution in [0.1, 0.15) is 36.2 Å². The Kier molecular flexibility index (Phi) is 5.21. The van der Waals surface area contributed by atoms with Crippen LogP contribution in [0, 0.1) is 0 Å². The molecule has 7 heteroatoms. The number of benzene rings is 1. The van der Waals surface area contributed by atoms with Gasteiger partial charge in [0.25, 0.3) is 0 Å². The minimum atomic E-state index is -4.36. The van der Waals surface area contributed by atoms with Crippen LogP contribution < -0.4 is 0 Å². The first-order valence-electron chi connectivity index (χ1n) is 8.55. The molecule has 27 heavy (non-hydrogen) atoms. The summed E-state index contributed by atoms with van der Waals surface area (Å²) in [7, 11) is 0. The Morgan fingerprint density at radius 1 is 1.19 bits per heavy atom. The van der Waals surface area contributed by atoms with Gasteiger partial charge in [0.2, 0.25) is 0 Å². The van der Waals surface area contributed by atoms with Gasteiger partial charge in [-0.15, -0.1) is 0 Å². The second kappa shape index (κ2) is 7.42. The van der Waals surface area contributed by atoms with E-state index in [1.165, 1.54) is 19.1 Å². The van der Waals surface area contributed by atoms with E-state index in [2.05, 4.69) is 4.98 Å². The normalized spacial score (nSPS) is 11.7. The van der Waals surface area contributed by atoms with Gasteiger partial charge in [-0.3, -0.25) is 4.79 Å². The van der Waals surface area contributed by atoms with Crippen LogP contribution in [-0.4, -0.2) is 15.5 Å². The number of esters is 1. The second-order valence-electron chi connectivity index (χ2n) is 6.21. The Balaban J connectivity index is 2.02. The Morgan fingerprint density at radius 2 is 1.89 bits per heavy atom. The largest absolute Gasteiger partial charge is 0.461 e. The number of fused-ring (bicyclic) bond motifs is 1. The van der Waals surface area contributed by atoms with Crippen molar-refractivity contribution < 1.29 is 22.7 Å². The minimum Gasteiger partial charge on any atom is -0.461 e. The Hall–Kier alpha value is -2.83. The van der Waals surface area contributed by atoms with Gasteiger partial charge < -0.3 is 9.30 Å². The topological polar surface area (TPSA) is 44.1 Å². The van der Waals surface area contributed by atoms with Gasteiger partial charge in [-0.2, -0.15) is 13.2 Å². The molecule has 0 N–H and O–H groups in total. The van der Waals surface area contributed by atoms with Gasteiger partial charge in [-0.1, -0.05) is 19.1 Å². The first kappa shape index (κ1) is 18.9. The second-order valence-corrected chi connectivity index (χ2v) is 6.21. The SMILES string of the molecule is CCc1c(COC(C)=O)c2cccnc2n1Cc1ccc(C(F)(F)F)cc1. The molecule has 1 aromatic carbocycles. The number of hydrogen-bond acceptors (Lipinski definition) is 3. The van der Waals surface area contributed by atoms with E-state index >= 15 is 0 Å². The summed E-state index contributed by atoms with van der Waals surface area (Å²) in [5.74, 6) is -0.371. The smallest absolute Gasteiger partial charge is 0.416 e. The molecule has 0 amide bonds. The lowest BCUT2D eigenvalue weighted by Gasteiger charge is -2.12. The average Bonchev–Trinajstić information content (AvgIpc) is 2.92. The lowest BCUT2D eigenvalue weighted by atomic mass is 10.1. The summed E-state index contributed by atoms with van der Waals surface area (Å²) in [5, 5.41) is 0.877. The number of hydrogen-bond donors (Lipinski definition) is 0. The van der Waals surface area contributed by atoms with Crippen LogP contribution in [0.4, 0.5) is 13.2 Å². The third-order valence-corrected chi connectivity index (χ3v) is 4.42. The molecular weight excluding hydrogens is 357 g/mol. The molecule has 2 heterocycles. The van der Waals surface area contributed by atoms with Crippen molar-refractivity contribution in [3.8, 4) is 0 Å². The number of nitrogens with zero attached hydrogens (tertiary/aromatic N) is 2. The summed E-state index contributed by atoms with van der Waals surface area (Å²) in [6.07, 6.45) is -2.01. The van der Waals surface area contributed by atoms with Crippen LogP contribution in [-0.2, 0) is 35.3 Å². The predicted octanol–water partition coefficient (Wildman–Crippen LogP) is 4.73. The van der Waals surface area contributed by atoms with Crippen molar-refractivity contribution >= 4 is 17.0 Å². The van der Waals surface area contributed by atoms with E-state index in [-0.39, 0.29) is 12.6 Å². The highest BCUT2D eigenvalue weighted by atomic mass is 19.4. The zero-order valence-corrected chi connectivity index (χ0v) is 15.0.